The first-order valence-corrected chi connectivity index (χ1v) is 6.51. The van der Waals surface area contributed by atoms with Crippen LogP contribution in [0.3, 0.4) is 0 Å². The van der Waals surface area contributed by atoms with Gasteiger partial charge in [0.15, 0.2) is 0 Å². The monoisotopic (exact) mass is 309 g/mol. The Morgan fingerprint density at radius 3 is 3.00 bits per heavy atom. The van der Waals surface area contributed by atoms with Crippen molar-refractivity contribution in [2.45, 2.75) is 13.1 Å². The molecule has 0 aromatic carbocycles. The van der Waals surface area contributed by atoms with Crippen molar-refractivity contribution in [2.24, 2.45) is 0 Å². The Bertz CT molecular complexity index is 499. The number of nitrogens with one attached hydrogen (secondary N) is 1. The van der Waals surface area contributed by atoms with E-state index in [-0.39, 0.29) is 0 Å². The van der Waals surface area contributed by atoms with E-state index in [0.29, 0.717) is 0 Å². The summed E-state index contributed by atoms with van der Waals surface area (Å²) < 4.78 is 6.07. The molecule has 2 heterocycles. The van der Waals surface area contributed by atoms with Gasteiger partial charge in [-0.3, -0.25) is 0 Å². The Morgan fingerprint density at radius 2 is 2.33 bits per heavy atom. The molecule has 0 unspecified atom stereocenters. The summed E-state index contributed by atoms with van der Waals surface area (Å²) in [4.78, 5) is 6.60. The van der Waals surface area contributed by atoms with Crippen molar-refractivity contribution in [3.63, 3.8) is 0 Å². The van der Waals surface area contributed by atoms with E-state index in [2.05, 4.69) is 37.2 Å². The Hall–Kier alpha value is -1.33. The van der Waals surface area contributed by atoms with Gasteiger partial charge in [-0.1, -0.05) is 0 Å². The fourth-order valence-corrected chi connectivity index (χ4v) is 2.25. The fourth-order valence-electron chi connectivity index (χ4n) is 1.87. The molecule has 18 heavy (non-hydrogen) atoms. The van der Waals surface area contributed by atoms with Crippen molar-refractivity contribution in [3.8, 4) is 0 Å². The molecule has 1 N–H and O–H groups in total. The molecule has 0 aliphatic heterocycles. The Kier molecular flexibility index (Phi) is 4.38. The van der Waals surface area contributed by atoms with Gasteiger partial charge >= 0.3 is 0 Å². The lowest BCUT2D eigenvalue weighted by molar-refractivity contribution is 0.563. The number of furan rings is 1. The zero-order valence-electron chi connectivity index (χ0n) is 10.5. The van der Waals surface area contributed by atoms with Gasteiger partial charge in [0.2, 0.25) is 0 Å². The van der Waals surface area contributed by atoms with E-state index < -0.39 is 0 Å². The van der Waals surface area contributed by atoms with Crippen LogP contribution in [0.25, 0.3) is 0 Å². The van der Waals surface area contributed by atoms with Crippen LogP contribution in [0.1, 0.15) is 11.1 Å². The molecule has 2 aromatic heterocycles. The Labute approximate surface area is 115 Å². The third kappa shape index (κ3) is 3.11. The number of pyridine rings is 1. The van der Waals surface area contributed by atoms with E-state index in [9.17, 15) is 0 Å². The van der Waals surface area contributed by atoms with Gasteiger partial charge < -0.3 is 14.6 Å². The number of nitrogens with zero attached hydrogens (tertiary/aromatic N) is 2. The summed E-state index contributed by atoms with van der Waals surface area (Å²) in [5.41, 5.74) is 2.30. The first kappa shape index (κ1) is 13.1. The number of hydrogen-bond acceptors (Lipinski definition) is 4. The van der Waals surface area contributed by atoms with Crippen LogP contribution in [0.2, 0.25) is 0 Å². The highest BCUT2D eigenvalue weighted by Gasteiger charge is 2.10. The number of aromatic nitrogens is 1. The van der Waals surface area contributed by atoms with Crippen molar-refractivity contribution in [3.05, 3.63) is 46.5 Å². The maximum Gasteiger partial charge on any atom is 0.133 e. The van der Waals surface area contributed by atoms with E-state index in [0.717, 1.165) is 34.5 Å². The van der Waals surface area contributed by atoms with Crippen molar-refractivity contribution >= 4 is 21.7 Å². The smallest absolute Gasteiger partial charge is 0.133 e. The van der Waals surface area contributed by atoms with Crippen LogP contribution in [0, 0.1) is 0 Å². The van der Waals surface area contributed by atoms with Crippen LogP contribution in [0.15, 0.2) is 39.7 Å². The lowest BCUT2D eigenvalue weighted by Gasteiger charge is -2.20. The number of anilines is 1. The van der Waals surface area contributed by atoms with E-state index in [1.807, 2.05) is 26.4 Å². The predicted octanol–water partition coefficient (Wildman–Crippen LogP) is 2.79. The second kappa shape index (κ2) is 6.02. The summed E-state index contributed by atoms with van der Waals surface area (Å²) >= 11 is 3.45. The van der Waals surface area contributed by atoms with Gasteiger partial charge in [0.05, 0.1) is 12.5 Å². The summed E-state index contributed by atoms with van der Waals surface area (Å²) in [5.74, 6) is 0.980. The van der Waals surface area contributed by atoms with Crippen molar-refractivity contribution in [1.29, 1.82) is 0 Å². The number of rotatable bonds is 5. The van der Waals surface area contributed by atoms with Crippen molar-refractivity contribution in [2.75, 3.05) is 19.0 Å². The van der Waals surface area contributed by atoms with Crippen molar-refractivity contribution < 1.29 is 4.42 Å². The molecule has 2 rings (SSSR count). The first-order valence-electron chi connectivity index (χ1n) is 5.72. The first-order chi connectivity index (χ1) is 8.70. The molecule has 0 bridgehead atoms. The molecule has 2 aromatic rings. The third-order valence-corrected chi connectivity index (χ3v) is 3.07. The summed E-state index contributed by atoms with van der Waals surface area (Å²) in [5, 5.41) is 3.16. The highest BCUT2D eigenvalue weighted by Crippen LogP contribution is 2.22. The minimum atomic E-state index is 0.780. The number of halogens is 1. The Morgan fingerprint density at radius 1 is 1.50 bits per heavy atom. The van der Waals surface area contributed by atoms with Gasteiger partial charge in [0, 0.05) is 41.9 Å². The summed E-state index contributed by atoms with van der Waals surface area (Å²) in [6.45, 7) is 1.57. The highest BCUT2D eigenvalue weighted by molar-refractivity contribution is 9.10. The second-order valence-electron chi connectivity index (χ2n) is 4.15. The van der Waals surface area contributed by atoms with Gasteiger partial charge in [0.1, 0.15) is 5.82 Å². The summed E-state index contributed by atoms with van der Waals surface area (Å²) in [6, 6.07) is 4.05. The van der Waals surface area contributed by atoms with Crippen LogP contribution >= 0.6 is 15.9 Å². The van der Waals surface area contributed by atoms with Crippen LogP contribution < -0.4 is 10.2 Å². The molecule has 0 aliphatic rings. The quantitative estimate of drug-likeness (QED) is 0.922. The van der Waals surface area contributed by atoms with Crippen LogP contribution in [0.5, 0.6) is 0 Å². The summed E-state index contributed by atoms with van der Waals surface area (Å²) in [7, 11) is 3.96. The average Bonchev–Trinajstić information content (AvgIpc) is 2.82. The van der Waals surface area contributed by atoms with Crippen LogP contribution in [0.4, 0.5) is 5.82 Å². The molecule has 0 spiro atoms. The topological polar surface area (TPSA) is 41.3 Å². The minimum Gasteiger partial charge on any atom is -0.472 e. The molecular weight excluding hydrogens is 294 g/mol. The molecule has 0 radical (unpaired) electrons. The van der Waals surface area contributed by atoms with Crippen molar-refractivity contribution in [1.82, 2.24) is 10.3 Å². The number of hydrogen-bond donors (Lipinski definition) is 1. The molecule has 0 amide bonds. The largest absolute Gasteiger partial charge is 0.472 e. The van der Waals surface area contributed by atoms with E-state index in [4.69, 9.17) is 4.42 Å². The molecule has 0 saturated heterocycles. The van der Waals surface area contributed by atoms with E-state index in [1.54, 1.807) is 12.5 Å². The zero-order chi connectivity index (χ0) is 13.0. The van der Waals surface area contributed by atoms with Gasteiger partial charge in [-0.15, -0.1) is 0 Å². The molecule has 0 saturated carbocycles. The zero-order valence-corrected chi connectivity index (χ0v) is 12.1. The van der Waals surface area contributed by atoms with Gasteiger partial charge in [-0.05, 0) is 35.1 Å². The molecular formula is C13H16BrN3O. The summed E-state index contributed by atoms with van der Waals surface area (Å²) in [6.07, 6.45) is 5.26. The van der Waals surface area contributed by atoms with Gasteiger partial charge in [0.25, 0.3) is 0 Å². The SMILES string of the molecule is CNCc1cc(Br)cnc1N(C)Cc1ccoc1. The van der Waals surface area contributed by atoms with E-state index >= 15 is 0 Å². The Balaban J connectivity index is 2.20. The van der Waals surface area contributed by atoms with Gasteiger partial charge in [-0.2, -0.15) is 0 Å². The molecule has 96 valence electrons. The normalized spacial score (nSPS) is 10.6. The standard InChI is InChI=1S/C13H16BrN3O/c1-15-6-11-5-12(14)7-16-13(11)17(2)8-10-3-4-18-9-10/h3-5,7,9,15H,6,8H2,1-2H3. The predicted molar refractivity (Wildman–Crippen MR) is 75.5 cm³/mol. The highest BCUT2D eigenvalue weighted by atomic mass is 79.9. The lowest BCUT2D eigenvalue weighted by Crippen LogP contribution is -2.20. The minimum absolute atomic E-state index is 0.780. The maximum atomic E-state index is 5.08. The molecule has 0 fully saturated rings. The van der Waals surface area contributed by atoms with Crippen LogP contribution in [-0.4, -0.2) is 19.1 Å². The molecule has 5 heteroatoms. The van der Waals surface area contributed by atoms with Crippen LogP contribution in [-0.2, 0) is 13.1 Å². The maximum absolute atomic E-state index is 5.08. The third-order valence-electron chi connectivity index (χ3n) is 2.64. The molecule has 0 atom stereocenters. The lowest BCUT2D eigenvalue weighted by atomic mass is 10.2. The second-order valence-corrected chi connectivity index (χ2v) is 5.07. The van der Waals surface area contributed by atoms with E-state index in [1.165, 1.54) is 0 Å². The molecule has 4 nitrogen and oxygen atoms in total. The molecule has 0 aliphatic carbocycles. The van der Waals surface area contributed by atoms with Gasteiger partial charge in [-0.25, -0.2) is 4.98 Å². The fraction of sp³-hybridized carbons (Fsp3) is 0.308. The average molecular weight is 310 g/mol.